The Balaban J connectivity index is 2.02. The Kier molecular flexibility index (Phi) is 3.79. The molecule has 1 aliphatic carbocycles. The second-order valence-electron chi connectivity index (χ2n) is 5.08. The average molecular weight is 252 g/mol. The van der Waals surface area contributed by atoms with Crippen LogP contribution < -0.4 is 5.32 Å². The molecule has 98 valence electrons. The van der Waals surface area contributed by atoms with Crippen LogP contribution in [0.15, 0.2) is 18.2 Å². The first kappa shape index (κ1) is 12.8. The van der Waals surface area contributed by atoms with Crippen molar-refractivity contribution in [3.05, 3.63) is 34.1 Å². The van der Waals surface area contributed by atoms with Gasteiger partial charge in [0.25, 0.3) is 5.69 Å². The van der Waals surface area contributed by atoms with Crippen molar-refractivity contribution in [2.75, 3.05) is 11.9 Å². The molecular weight excluding hydrogens is 235 g/mol. The summed E-state index contributed by atoms with van der Waals surface area (Å²) in [5.41, 5.74) is 0.210. The van der Waals surface area contributed by atoms with Crippen LogP contribution in [0.2, 0.25) is 0 Å². The molecule has 1 aliphatic rings. The Labute approximate surface area is 105 Å². The van der Waals surface area contributed by atoms with Crippen LogP contribution in [0.25, 0.3) is 0 Å². The summed E-state index contributed by atoms with van der Waals surface area (Å²) in [6, 6.07) is 3.64. The third kappa shape index (κ3) is 2.97. The molecule has 0 radical (unpaired) electrons. The summed E-state index contributed by atoms with van der Waals surface area (Å²) in [5.74, 6) is 0.714. The van der Waals surface area contributed by atoms with E-state index in [0.29, 0.717) is 11.6 Å². The van der Waals surface area contributed by atoms with E-state index in [2.05, 4.69) is 12.2 Å². The predicted octanol–water partition coefficient (Wildman–Crippen LogP) is 3.58. The monoisotopic (exact) mass is 252 g/mol. The van der Waals surface area contributed by atoms with E-state index in [4.69, 9.17) is 0 Å². The second-order valence-corrected chi connectivity index (χ2v) is 5.08. The summed E-state index contributed by atoms with van der Waals surface area (Å²) in [6.45, 7) is 2.94. The van der Waals surface area contributed by atoms with E-state index >= 15 is 0 Å². The summed E-state index contributed by atoms with van der Waals surface area (Å²) >= 11 is 0. The molecular formula is C13H17FN2O2. The Hall–Kier alpha value is -1.65. The minimum atomic E-state index is -0.582. The minimum absolute atomic E-state index is 0.193. The number of rotatable bonds is 4. The standard InChI is InChI=1S/C13H17FN2O2/c1-9-2-3-10(6-9)8-15-12-5-4-11(14)7-13(12)16(17)18/h4-5,7,9-10,15H,2-3,6,8H2,1H3. The van der Waals surface area contributed by atoms with Crippen LogP contribution in [0.1, 0.15) is 26.2 Å². The van der Waals surface area contributed by atoms with Gasteiger partial charge in [-0.25, -0.2) is 4.39 Å². The van der Waals surface area contributed by atoms with E-state index in [1.165, 1.54) is 18.6 Å². The van der Waals surface area contributed by atoms with Crippen LogP contribution in [-0.4, -0.2) is 11.5 Å². The zero-order valence-electron chi connectivity index (χ0n) is 10.4. The van der Waals surface area contributed by atoms with Gasteiger partial charge in [0.1, 0.15) is 11.5 Å². The number of nitrogens with zero attached hydrogens (tertiary/aromatic N) is 1. The summed E-state index contributed by atoms with van der Waals surface area (Å²) < 4.78 is 13.0. The number of nitro benzene ring substituents is 1. The average Bonchev–Trinajstić information content (AvgIpc) is 2.73. The summed E-state index contributed by atoms with van der Waals surface area (Å²) in [7, 11) is 0. The Bertz CT molecular complexity index is 451. The van der Waals surface area contributed by atoms with Gasteiger partial charge >= 0.3 is 0 Å². The maximum Gasteiger partial charge on any atom is 0.295 e. The van der Waals surface area contributed by atoms with Crippen LogP contribution in [-0.2, 0) is 0 Å². The molecule has 18 heavy (non-hydrogen) atoms. The number of hydrogen-bond donors (Lipinski definition) is 1. The van der Waals surface area contributed by atoms with Crippen LogP contribution >= 0.6 is 0 Å². The molecule has 0 amide bonds. The molecule has 0 aromatic heterocycles. The van der Waals surface area contributed by atoms with Gasteiger partial charge < -0.3 is 5.32 Å². The molecule has 2 rings (SSSR count). The summed E-state index contributed by atoms with van der Waals surface area (Å²) in [6.07, 6.45) is 3.53. The van der Waals surface area contributed by atoms with Crippen molar-refractivity contribution < 1.29 is 9.31 Å². The van der Waals surface area contributed by atoms with E-state index in [1.807, 2.05) is 0 Å². The van der Waals surface area contributed by atoms with Crippen LogP contribution in [0, 0.1) is 27.8 Å². The number of anilines is 1. The highest BCUT2D eigenvalue weighted by Crippen LogP contribution is 2.31. The van der Waals surface area contributed by atoms with Crippen molar-refractivity contribution in [2.24, 2.45) is 11.8 Å². The van der Waals surface area contributed by atoms with Gasteiger partial charge in [0.05, 0.1) is 11.0 Å². The highest BCUT2D eigenvalue weighted by atomic mass is 19.1. The summed E-state index contributed by atoms with van der Waals surface area (Å²) in [4.78, 5) is 10.3. The van der Waals surface area contributed by atoms with Crippen molar-refractivity contribution in [3.8, 4) is 0 Å². The maximum absolute atomic E-state index is 13.0. The lowest BCUT2D eigenvalue weighted by Gasteiger charge is -2.12. The summed E-state index contributed by atoms with van der Waals surface area (Å²) in [5, 5.41) is 13.9. The Morgan fingerprint density at radius 2 is 2.28 bits per heavy atom. The molecule has 0 heterocycles. The number of nitrogens with one attached hydrogen (secondary N) is 1. The van der Waals surface area contributed by atoms with Crippen molar-refractivity contribution in [1.29, 1.82) is 0 Å². The lowest BCUT2D eigenvalue weighted by molar-refractivity contribution is -0.384. The Morgan fingerprint density at radius 1 is 1.50 bits per heavy atom. The van der Waals surface area contributed by atoms with Crippen molar-refractivity contribution in [2.45, 2.75) is 26.2 Å². The van der Waals surface area contributed by atoms with E-state index in [1.54, 1.807) is 0 Å². The van der Waals surface area contributed by atoms with Crippen molar-refractivity contribution in [1.82, 2.24) is 0 Å². The minimum Gasteiger partial charge on any atom is -0.379 e. The molecule has 0 aliphatic heterocycles. The van der Waals surface area contributed by atoms with Gasteiger partial charge in [0.15, 0.2) is 0 Å². The van der Waals surface area contributed by atoms with Gasteiger partial charge in [-0.1, -0.05) is 13.3 Å². The lowest BCUT2D eigenvalue weighted by Crippen LogP contribution is -2.12. The molecule has 1 N–H and O–H groups in total. The molecule has 1 aromatic rings. The van der Waals surface area contributed by atoms with Gasteiger partial charge in [-0.2, -0.15) is 0 Å². The second kappa shape index (κ2) is 5.33. The van der Waals surface area contributed by atoms with E-state index in [-0.39, 0.29) is 5.69 Å². The fourth-order valence-electron chi connectivity index (χ4n) is 2.57. The Morgan fingerprint density at radius 3 is 2.89 bits per heavy atom. The lowest BCUT2D eigenvalue weighted by atomic mass is 10.1. The third-order valence-corrected chi connectivity index (χ3v) is 3.54. The van der Waals surface area contributed by atoms with E-state index in [0.717, 1.165) is 31.4 Å². The zero-order chi connectivity index (χ0) is 13.1. The third-order valence-electron chi connectivity index (χ3n) is 3.54. The molecule has 5 heteroatoms. The largest absolute Gasteiger partial charge is 0.379 e. The maximum atomic E-state index is 13.0. The van der Waals surface area contributed by atoms with Crippen LogP contribution in [0.3, 0.4) is 0 Å². The topological polar surface area (TPSA) is 55.2 Å². The molecule has 2 unspecified atom stereocenters. The van der Waals surface area contributed by atoms with Gasteiger partial charge in [0.2, 0.25) is 0 Å². The molecule has 1 saturated carbocycles. The fourth-order valence-corrected chi connectivity index (χ4v) is 2.57. The smallest absolute Gasteiger partial charge is 0.295 e. The molecule has 0 spiro atoms. The molecule has 1 aromatic carbocycles. The predicted molar refractivity (Wildman–Crippen MR) is 68.0 cm³/mol. The number of nitro groups is 1. The van der Waals surface area contributed by atoms with Gasteiger partial charge in [-0.3, -0.25) is 10.1 Å². The van der Waals surface area contributed by atoms with Gasteiger partial charge in [-0.15, -0.1) is 0 Å². The number of hydrogen-bond acceptors (Lipinski definition) is 3. The van der Waals surface area contributed by atoms with Gasteiger partial charge in [-0.05, 0) is 36.8 Å². The quantitative estimate of drug-likeness (QED) is 0.658. The molecule has 1 fully saturated rings. The van der Waals surface area contributed by atoms with E-state index in [9.17, 15) is 14.5 Å². The SMILES string of the molecule is CC1CCC(CNc2ccc(F)cc2[N+](=O)[O-])C1. The normalized spacial score (nSPS) is 23.0. The highest BCUT2D eigenvalue weighted by Gasteiger charge is 2.22. The van der Waals surface area contributed by atoms with Crippen molar-refractivity contribution in [3.63, 3.8) is 0 Å². The first-order valence-corrected chi connectivity index (χ1v) is 6.24. The number of benzene rings is 1. The van der Waals surface area contributed by atoms with E-state index < -0.39 is 10.7 Å². The number of halogens is 1. The molecule has 0 saturated heterocycles. The fraction of sp³-hybridized carbons (Fsp3) is 0.538. The van der Waals surface area contributed by atoms with Crippen LogP contribution in [0.5, 0.6) is 0 Å². The molecule has 2 atom stereocenters. The highest BCUT2D eigenvalue weighted by molar-refractivity contribution is 5.61. The first-order valence-electron chi connectivity index (χ1n) is 6.24. The van der Waals surface area contributed by atoms with Crippen molar-refractivity contribution >= 4 is 11.4 Å². The molecule has 4 nitrogen and oxygen atoms in total. The molecule has 0 bridgehead atoms. The van der Waals surface area contributed by atoms with Gasteiger partial charge in [0, 0.05) is 6.54 Å². The van der Waals surface area contributed by atoms with Crippen LogP contribution in [0.4, 0.5) is 15.8 Å². The zero-order valence-corrected chi connectivity index (χ0v) is 10.4. The first-order chi connectivity index (χ1) is 8.56.